The standard InChI is InChI=1S/C21H23ClN2O3/c1-2-27-19-9-4-3-8-18(19)23-21(26)16-13-20(25)24(14-16)11-10-15-6-5-7-17(22)12-15/h3-9,12,16H,2,10-11,13-14H2,1H3,(H,23,26). The van der Waals surface area contributed by atoms with Crippen LogP contribution in [-0.2, 0) is 16.0 Å². The van der Waals surface area contributed by atoms with E-state index >= 15 is 0 Å². The fraction of sp³-hybridized carbons (Fsp3) is 0.333. The van der Waals surface area contributed by atoms with Gasteiger partial charge in [0.1, 0.15) is 5.75 Å². The maximum atomic E-state index is 12.6. The Kier molecular flexibility index (Phi) is 6.35. The van der Waals surface area contributed by atoms with Crippen molar-refractivity contribution >= 4 is 29.1 Å². The second-order valence-corrected chi connectivity index (χ2v) is 6.98. The minimum absolute atomic E-state index is 0.00951. The molecular formula is C21H23ClN2O3. The maximum Gasteiger partial charge on any atom is 0.229 e. The fourth-order valence-corrected chi connectivity index (χ4v) is 3.42. The Hall–Kier alpha value is -2.53. The largest absolute Gasteiger partial charge is 0.492 e. The highest BCUT2D eigenvalue weighted by Gasteiger charge is 2.34. The minimum atomic E-state index is -0.355. The van der Waals surface area contributed by atoms with Crippen LogP contribution in [0.5, 0.6) is 5.75 Å². The van der Waals surface area contributed by atoms with Gasteiger partial charge in [-0.15, -0.1) is 0 Å². The number of halogens is 1. The lowest BCUT2D eigenvalue weighted by molar-refractivity contribution is -0.128. The van der Waals surface area contributed by atoms with E-state index in [9.17, 15) is 9.59 Å². The number of ether oxygens (including phenoxy) is 1. The van der Waals surface area contributed by atoms with E-state index in [4.69, 9.17) is 16.3 Å². The molecule has 2 aromatic rings. The van der Waals surface area contributed by atoms with Gasteiger partial charge >= 0.3 is 0 Å². The van der Waals surface area contributed by atoms with Gasteiger partial charge in [-0.3, -0.25) is 9.59 Å². The zero-order chi connectivity index (χ0) is 19.2. The van der Waals surface area contributed by atoms with Gasteiger partial charge in [-0.2, -0.15) is 0 Å². The van der Waals surface area contributed by atoms with Gasteiger partial charge in [-0.1, -0.05) is 35.9 Å². The summed E-state index contributed by atoms with van der Waals surface area (Å²) in [6.07, 6.45) is 0.950. The van der Waals surface area contributed by atoms with Crippen LogP contribution in [0.4, 0.5) is 5.69 Å². The summed E-state index contributed by atoms with van der Waals surface area (Å²) < 4.78 is 5.54. The zero-order valence-electron chi connectivity index (χ0n) is 15.3. The summed E-state index contributed by atoms with van der Waals surface area (Å²) in [6, 6.07) is 14.9. The molecular weight excluding hydrogens is 364 g/mol. The molecule has 27 heavy (non-hydrogen) atoms. The normalized spacial score (nSPS) is 16.4. The first kappa shape index (κ1) is 19.2. The lowest BCUT2D eigenvalue weighted by Gasteiger charge is -2.17. The van der Waals surface area contributed by atoms with Crippen LogP contribution in [0.3, 0.4) is 0 Å². The van der Waals surface area contributed by atoms with Crippen molar-refractivity contribution in [2.45, 2.75) is 19.8 Å². The molecule has 0 aromatic heterocycles. The number of hydrogen-bond acceptors (Lipinski definition) is 3. The van der Waals surface area contributed by atoms with Gasteiger partial charge in [-0.05, 0) is 43.2 Å². The van der Waals surface area contributed by atoms with Crippen LogP contribution >= 0.6 is 11.6 Å². The van der Waals surface area contributed by atoms with Gasteiger partial charge in [-0.25, -0.2) is 0 Å². The molecule has 3 rings (SSSR count). The third kappa shape index (κ3) is 5.01. The van der Waals surface area contributed by atoms with E-state index in [0.717, 1.165) is 5.56 Å². The molecule has 0 spiro atoms. The Balaban J connectivity index is 1.57. The van der Waals surface area contributed by atoms with Crippen molar-refractivity contribution in [3.05, 3.63) is 59.1 Å². The molecule has 1 saturated heterocycles. The van der Waals surface area contributed by atoms with Gasteiger partial charge in [0.15, 0.2) is 0 Å². The van der Waals surface area contributed by atoms with Crippen molar-refractivity contribution in [2.75, 3.05) is 25.0 Å². The molecule has 0 aliphatic carbocycles. The van der Waals surface area contributed by atoms with Crippen LogP contribution in [-0.4, -0.2) is 36.4 Å². The highest BCUT2D eigenvalue weighted by molar-refractivity contribution is 6.30. The lowest BCUT2D eigenvalue weighted by Crippen LogP contribution is -2.30. The molecule has 2 aromatic carbocycles. The summed E-state index contributed by atoms with van der Waals surface area (Å²) in [6.45, 7) is 3.43. The molecule has 5 nitrogen and oxygen atoms in total. The lowest BCUT2D eigenvalue weighted by atomic mass is 10.1. The Morgan fingerprint density at radius 3 is 2.85 bits per heavy atom. The minimum Gasteiger partial charge on any atom is -0.492 e. The van der Waals surface area contributed by atoms with E-state index < -0.39 is 0 Å². The summed E-state index contributed by atoms with van der Waals surface area (Å²) in [5.41, 5.74) is 1.71. The molecule has 1 N–H and O–H groups in total. The second kappa shape index (κ2) is 8.91. The fourth-order valence-electron chi connectivity index (χ4n) is 3.21. The molecule has 1 atom stereocenters. The van der Waals surface area contributed by atoms with E-state index in [0.29, 0.717) is 42.6 Å². The second-order valence-electron chi connectivity index (χ2n) is 6.54. The van der Waals surface area contributed by atoms with Gasteiger partial charge in [0.2, 0.25) is 11.8 Å². The van der Waals surface area contributed by atoms with Crippen LogP contribution in [0.2, 0.25) is 5.02 Å². The number of anilines is 1. The summed E-state index contributed by atoms with van der Waals surface area (Å²) in [5, 5.41) is 3.58. The monoisotopic (exact) mass is 386 g/mol. The van der Waals surface area contributed by atoms with E-state index in [1.807, 2.05) is 49.4 Å². The van der Waals surface area contributed by atoms with Crippen molar-refractivity contribution < 1.29 is 14.3 Å². The number of hydrogen-bond donors (Lipinski definition) is 1. The van der Waals surface area contributed by atoms with Gasteiger partial charge < -0.3 is 15.0 Å². The first-order chi connectivity index (χ1) is 13.1. The molecule has 1 aliphatic rings. The van der Waals surface area contributed by atoms with Crippen LogP contribution in [0, 0.1) is 5.92 Å². The van der Waals surface area contributed by atoms with Crippen LogP contribution < -0.4 is 10.1 Å². The first-order valence-electron chi connectivity index (χ1n) is 9.11. The van der Waals surface area contributed by atoms with Crippen molar-refractivity contribution in [1.82, 2.24) is 4.90 Å². The van der Waals surface area contributed by atoms with Crippen molar-refractivity contribution in [3.63, 3.8) is 0 Å². The molecule has 2 amide bonds. The topological polar surface area (TPSA) is 58.6 Å². The number of rotatable bonds is 7. The third-order valence-electron chi connectivity index (χ3n) is 4.59. The SMILES string of the molecule is CCOc1ccccc1NC(=O)C1CC(=O)N(CCc2cccc(Cl)c2)C1. The number of likely N-dealkylation sites (tertiary alicyclic amines) is 1. The quantitative estimate of drug-likeness (QED) is 0.788. The average Bonchev–Trinajstić information content (AvgIpc) is 3.03. The summed E-state index contributed by atoms with van der Waals surface area (Å²) in [7, 11) is 0. The predicted molar refractivity (Wildman–Crippen MR) is 106 cm³/mol. The molecule has 1 aliphatic heterocycles. The van der Waals surface area contributed by atoms with E-state index in [-0.39, 0.29) is 24.2 Å². The highest BCUT2D eigenvalue weighted by Crippen LogP contribution is 2.26. The molecule has 1 unspecified atom stereocenters. The third-order valence-corrected chi connectivity index (χ3v) is 4.82. The molecule has 0 saturated carbocycles. The van der Waals surface area contributed by atoms with Gasteiger partial charge in [0.05, 0.1) is 18.2 Å². The van der Waals surface area contributed by atoms with E-state index in [1.54, 1.807) is 11.0 Å². The number of nitrogens with zero attached hydrogens (tertiary/aromatic N) is 1. The van der Waals surface area contributed by atoms with Crippen molar-refractivity contribution in [1.29, 1.82) is 0 Å². The number of carbonyl (C=O) groups is 2. The van der Waals surface area contributed by atoms with Crippen molar-refractivity contribution in [2.24, 2.45) is 5.92 Å². The molecule has 1 fully saturated rings. The van der Waals surface area contributed by atoms with Crippen LogP contribution in [0.15, 0.2) is 48.5 Å². The molecule has 142 valence electrons. The highest BCUT2D eigenvalue weighted by atomic mass is 35.5. The maximum absolute atomic E-state index is 12.6. The average molecular weight is 387 g/mol. The van der Waals surface area contributed by atoms with Gasteiger partial charge in [0.25, 0.3) is 0 Å². The van der Waals surface area contributed by atoms with Crippen molar-refractivity contribution in [3.8, 4) is 5.75 Å². The van der Waals surface area contributed by atoms with E-state index in [2.05, 4.69) is 5.32 Å². The number of amides is 2. The predicted octanol–water partition coefficient (Wildman–Crippen LogP) is 3.77. The van der Waals surface area contributed by atoms with E-state index in [1.165, 1.54) is 0 Å². The number of carbonyl (C=O) groups excluding carboxylic acids is 2. The number of nitrogens with one attached hydrogen (secondary N) is 1. The number of para-hydroxylation sites is 2. The smallest absolute Gasteiger partial charge is 0.229 e. The van der Waals surface area contributed by atoms with Gasteiger partial charge in [0, 0.05) is 24.5 Å². The Morgan fingerprint density at radius 2 is 2.07 bits per heavy atom. The molecule has 0 bridgehead atoms. The zero-order valence-corrected chi connectivity index (χ0v) is 16.0. The summed E-state index contributed by atoms with van der Waals surface area (Å²) in [4.78, 5) is 26.7. The summed E-state index contributed by atoms with van der Waals surface area (Å²) >= 11 is 6.00. The molecule has 0 radical (unpaired) electrons. The molecule has 1 heterocycles. The molecule has 6 heteroatoms. The van der Waals surface area contributed by atoms with Crippen LogP contribution in [0.1, 0.15) is 18.9 Å². The summed E-state index contributed by atoms with van der Waals surface area (Å²) in [5.74, 6) is 0.137. The Morgan fingerprint density at radius 1 is 1.26 bits per heavy atom. The van der Waals surface area contributed by atoms with Crippen LogP contribution in [0.25, 0.3) is 0 Å². The Bertz CT molecular complexity index is 825. The number of benzene rings is 2. The Labute approximate surface area is 164 Å². The first-order valence-corrected chi connectivity index (χ1v) is 9.49.